The minimum absolute atomic E-state index is 0.0779. The van der Waals surface area contributed by atoms with E-state index in [2.05, 4.69) is 0 Å². The first-order valence-electron chi connectivity index (χ1n) is 7.57. The molecular formula is C16H19F3N2O2. The molecule has 1 aliphatic heterocycles. The molecule has 7 heteroatoms. The summed E-state index contributed by atoms with van der Waals surface area (Å²) in [4.78, 5) is 27.4. The topological polar surface area (TPSA) is 40.6 Å². The molecule has 4 nitrogen and oxygen atoms in total. The zero-order valence-corrected chi connectivity index (χ0v) is 12.9. The van der Waals surface area contributed by atoms with Crippen molar-refractivity contribution in [2.45, 2.75) is 25.9 Å². The second-order valence-electron chi connectivity index (χ2n) is 5.50. The fraction of sp³-hybridized carbons (Fsp3) is 0.500. The highest BCUT2D eigenvalue weighted by atomic mass is 19.4. The summed E-state index contributed by atoms with van der Waals surface area (Å²) in [5.41, 5.74) is -0.546. The molecular weight excluding hydrogens is 309 g/mol. The highest BCUT2D eigenvalue weighted by Gasteiger charge is 2.31. The fourth-order valence-electron chi connectivity index (χ4n) is 2.52. The van der Waals surface area contributed by atoms with Crippen LogP contribution in [0.25, 0.3) is 0 Å². The predicted molar refractivity (Wildman–Crippen MR) is 78.8 cm³/mol. The molecule has 0 aliphatic carbocycles. The van der Waals surface area contributed by atoms with Crippen LogP contribution in [0.15, 0.2) is 24.3 Å². The van der Waals surface area contributed by atoms with Crippen LogP contribution in [0.1, 0.15) is 35.7 Å². The van der Waals surface area contributed by atoms with Crippen LogP contribution in [0, 0.1) is 0 Å². The van der Waals surface area contributed by atoms with Crippen molar-refractivity contribution in [1.29, 1.82) is 0 Å². The second kappa shape index (κ2) is 7.02. The van der Waals surface area contributed by atoms with Crippen molar-refractivity contribution in [1.82, 2.24) is 9.80 Å². The van der Waals surface area contributed by atoms with E-state index in [1.54, 1.807) is 9.80 Å². The lowest BCUT2D eigenvalue weighted by Crippen LogP contribution is -2.50. The Bertz CT molecular complexity index is 562. The van der Waals surface area contributed by atoms with Crippen LogP contribution in [-0.4, -0.2) is 47.8 Å². The zero-order chi connectivity index (χ0) is 17.0. The number of carbonyl (C=O) groups excluding carboxylic acids is 2. The number of rotatable bonds is 3. The quantitative estimate of drug-likeness (QED) is 0.856. The molecule has 0 saturated carbocycles. The maximum atomic E-state index is 12.5. The fourth-order valence-corrected chi connectivity index (χ4v) is 2.52. The van der Waals surface area contributed by atoms with Gasteiger partial charge in [0.15, 0.2) is 0 Å². The monoisotopic (exact) mass is 328 g/mol. The molecule has 2 amide bonds. The van der Waals surface area contributed by atoms with Crippen molar-refractivity contribution in [2.24, 2.45) is 0 Å². The van der Waals surface area contributed by atoms with Gasteiger partial charge in [-0.3, -0.25) is 9.59 Å². The van der Waals surface area contributed by atoms with Crippen LogP contribution in [0.2, 0.25) is 0 Å². The Morgan fingerprint density at radius 3 is 2.00 bits per heavy atom. The van der Waals surface area contributed by atoms with E-state index in [9.17, 15) is 22.8 Å². The van der Waals surface area contributed by atoms with Crippen molar-refractivity contribution >= 4 is 11.8 Å². The van der Waals surface area contributed by atoms with Gasteiger partial charge in [-0.1, -0.05) is 6.92 Å². The average molecular weight is 328 g/mol. The molecule has 0 bridgehead atoms. The van der Waals surface area contributed by atoms with E-state index in [4.69, 9.17) is 0 Å². The molecule has 0 atom stereocenters. The van der Waals surface area contributed by atoms with Gasteiger partial charge in [0.1, 0.15) is 0 Å². The summed E-state index contributed by atoms with van der Waals surface area (Å²) in [6.07, 6.45) is -3.14. The van der Waals surface area contributed by atoms with Crippen LogP contribution in [0.3, 0.4) is 0 Å². The van der Waals surface area contributed by atoms with Gasteiger partial charge in [-0.15, -0.1) is 0 Å². The van der Waals surface area contributed by atoms with Crippen LogP contribution < -0.4 is 0 Å². The summed E-state index contributed by atoms with van der Waals surface area (Å²) in [5.74, 6) is -0.226. The Balaban J connectivity index is 1.96. The summed E-state index contributed by atoms with van der Waals surface area (Å²) >= 11 is 0. The Kier molecular flexibility index (Phi) is 5.28. The Morgan fingerprint density at radius 2 is 1.52 bits per heavy atom. The summed E-state index contributed by atoms with van der Waals surface area (Å²) in [6, 6.07) is 4.21. The van der Waals surface area contributed by atoms with Gasteiger partial charge in [0.25, 0.3) is 5.91 Å². The minimum atomic E-state index is -4.41. The lowest BCUT2D eigenvalue weighted by atomic mass is 10.1. The number of carbonyl (C=O) groups is 2. The molecule has 1 aliphatic rings. The third kappa shape index (κ3) is 4.24. The number of halogens is 3. The van der Waals surface area contributed by atoms with Gasteiger partial charge < -0.3 is 9.80 Å². The Morgan fingerprint density at radius 1 is 1.00 bits per heavy atom. The van der Waals surface area contributed by atoms with Crippen LogP contribution in [0.4, 0.5) is 13.2 Å². The van der Waals surface area contributed by atoms with Crippen molar-refractivity contribution in [3.63, 3.8) is 0 Å². The third-order valence-electron chi connectivity index (χ3n) is 3.84. The Labute approximate surface area is 132 Å². The van der Waals surface area contributed by atoms with Gasteiger partial charge in [-0.05, 0) is 30.7 Å². The lowest BCUT2D eigenvalue weighted by molar-refractivity contribution is -0.137. The number of hydrogen-bond acceptors (Lipinski definition) is 2. The largest absolute Gasteiger partial charge is 0.416 e. The summed E-state index contributed by atoms with van der Waals surface area (Å²) in [6.45, 7) is 3.66. The maximum absolute atomic E-state index is 12.5. The molecule has 126 valence electrons. The van der Waals surface area contributed by atoms with Crippen molar-refractivity contribution < 1.29 is 22.8 Å². The van der Waals surface area contributed by atoms with Gasteiger partial charge in [-0.25, -0.2) is 0 Å². The molecule has 1 saturated heterocycles. The highest BCUT2D eigenvalue weighted by Crippen LogP contribution is 2.29. The van der Waals surface area contributed by atoms with E-state index in [-0.39, 0.29) is 17.4 Å². The molecule has 0 spiro atoms. The van der Waals surface area contributed by atoms with Crippen molar-refractivity contribution in [2.75, 3.05) is 26.2 Å². The summed E-state index contributed by atoms with van der Waals surface area (Å²) < 4.78 is 37.6. The van der Waals surface area contributed by atoms with Crippen LogP contribution in [-0.2, 0) is 11.0 Å². The number of benzene rings is 1. The first kappa shape index (κ1) is 17.3. The van der Waals surface area contributed by atoms with E-state index in [1.807, 2.05) is 6.92 Å². The van der Waals surface area contributed by atoms with Gasteiger partial charge in [0, 0.05) is 38.2 Å². The van der Waals surface area contributed by atoms with Gasteiger partial charge in [0.2, 0.25) is 5.91 Å². The first-order chi connectivity index (χ1) is 10.8. The standard InChI is InChI=1S/C16H19F3N2O2/c1-2-3-14(22)20-8-10-21(11-9-20)15(23)12-4-6-13(7-5-12)16(17,18)19/h4-7H,2-3,8-11H2,1H3. The number of alkyl halides is 3. The highest BCUT2D eigenvalue weighted by molar-refractivity contribution is 5.94. The number of nitrogens with zero attached hydrogens (tertiary/aromatic N) is 2. The SMILES string of the molecule is CCCC(=O)N1CCN(C(=O)c2ccc(C(F)(F)F)cc2)CC1. The number of piperazine rings is 1. The van der Waals surface area contributed by atoms with E-state index in [1.165, 1.54) is 12.1 Å². The minimum Gasteiger partial charge on any atom is -0.339 e. The average Bonchev–Trinajstić information content (AvgIpc) is 2.54. The first-order valence-corrected chi connectivity index (χ1v) is 7.57. The molecule has 2 rings (SSSR count). The van der Waals surface area contributed by atoms with E-state index >= 15 is 0 Å². The molecule has 1 heterocycles. The van der Waals surface area contributed by atoms with Gasteiger partial charge >= 0.3 is 6.18 Å². The van der Waals surface area contributed by atoms with E-state index in [0.717, 1.165) is 18.6 Å². The predicted octanol–water partition coefficient (Wildman–Crippen LogP) is 2.79. The Hall–Kier alpha value is -2.05. The molecule has 23 heavy (non-hydrogen) atoms. The van der Waals surface area contributed by atoms with E-state index in [0.29, 0.717) is 32.6 Å². The number of hydrogen-bond donors (Lipinski definition) is 0. The second-order valence-corrected chi connectivity index (χ2v) is 5.50. The van der Waals surface area contributed by atoms with Crippen LogP contribution >= 0.6 is 0 Å². The maximum Gasteiger partial charge on any atom is 0.416 e. The summed E-state index contributed by atoms with van der Waals surface area (Å²) in [7, 11) is 0. The number of amides is 2. The zero-order valence-electron chi connectivity index (χ0n) is 12.9. The van der Waals surface area contributed by atoms with Crippen molar-refractivity contribution in [3.05, 3.63) is 35.4 Å². The smallest absolute Gasteiger partial charge is 0.339 e. The molecule has 1 aromatic rings. The molecule has 0 unspecified atom stereocenters. The molecule has 0 N–H and O–H groups in total. The molecule has 0 aromatic heterocycles. The van der Waals surface area contributed by atoms with E-state index < -0.39 is 11.7 Å². The van der Waals surface area contributed by atoms with Crippen LogP contribution in [0.5, 0.6) is 0 Å². The molecule has 1 fully saturated rings. The normalized spacial score (nSPS) is 15.7. The van der Waals surface area contributed by atoms with Gasteiger partial charge in [-0.2, -0.15) is 13.2 Å². The van der Waals surface area contributed by atoms with Gasteiger partial charge in [0.05, 0.1) is 5.56 Å². The third-order valence-corrected chi connectivity index (χ3v) is 3.84. The van der Waals surface area contributed by atoms with Crippen molar-refractivity contribution in [3.8, 4) is 0 Å². The lowest BCUT2D eigenvalue weighted by Gasteiger charge is -2.34. The summed E-state index contributed by atoms with van der Waals surface area (Å²) in [5, 5.41) is 0. The molecule has 0 radical (unpaired) electrons. The molecule has 1 aromatic carbocycles.